The van der Waals surface area contributed by atoms with E-state index in [9.17, 15) is 0 Å². The van der Waals surface area contributed by atoms with Gasteiger partial charge in [0, 0.05) is 0 Å². The summed E-state index contributed by atoms with van der Waals surface area (Å²) in [6.45, 7) is 9.55. The van der Waals surface area contributed by atoms with Gasteiger partial charge in [0.25, 0.3) is 0 Å². The topological polar surface area (TPSA) is 30.7 Å². The Morgan fingerprint density at radius 3 is 2.70 bits per heavy atom. The molecule has 0 amide bonds. The average Bonchev–Trinajstić information content (AvgIpc) is 2.86. The fourth-order valence-corrected chi connectivity index (χ4v) is 2.23. The Kier molecular flexibility index (Phi) is 4.72. The number of aromatic nitrogens is 3. The molecule has 1 aromatic carbocycles. The van der Waals surface area contributed by atoms with Crippen molar-refractivity contribution in [3.05, 3.63) is 47.6 Å². The van der Waals surface area contributed by atoms with Gasteiger partial charge in [-0.25, -0.2) is 4.68 Å². The minimum Gasteiger partial charge on any atom is -0.241 e. The number of rotatable bonds is 5. The number of para-hydroxylation sites is 1. The summed E-state index contributed by atoms with van der Waals surface area (Å²) in [4.78, 5) is 0. The lowest BCUT2D eigenvalue weighted by Gasteiger charge is -2.13. The second kappa shape index (κ2) is 6.51. The molecule has 2 rings (SSSR count). The first-order valence-corrected chi connectivity index (χ1v) is 7.29. The summed E-state index contributed by atoms with van der Waals surface area (Å²) in [7, 11) is 0. The number of hydrogen-bond acceptors (Lipinski definition) is 2. The van der Waals surface area contributed by atoms with E-state index in [2.05, 4.69) is 56.2 Å². The van der Waals surface area contributed by atoms with Gasteiger partial charge >= 0.3 is 0 Å². The molecular formula is C17H23N3. The first-order chi connectivity index (χ1) is 9.65. The summed E-state index contributed by atoms with van der Waals surface area (Å²) >= 11 is 0. The van der Waals surface area contributed by atoms with E-state index in [1.54, 1.807) is 0 Å². The van der Waals surface area contributed by atoms with Crippen LogP contribution in [0, 0.1) is 5.92 Å². The third kappa shape index (κ3) is 3.16. The summed E-state index contributed by atoms with van der Waals surface area (Å²) in [6.07, 6.45) is 5.55. The Hall–Kier alpha value is -1.90. The number of hydrogen-bond donors (Lipinski definition) is 0. The van der Waals surface area contributed by atoms with Crippen LogP contribution >= 0.6 is 0 Å². The summed E-state index contributed by atoms with van der Waals surface area (Å²) in [5, 5.41) is 8.50. The van der Waals surface area contributed by atoms with Crippen molar-refractivity contribution in [2.45, 2.75) is 40.7 Å². The Bertz CT molecular complexity index is 632. The lowest BCUT2D eigenvalue weighted by Crippen LogP contribution is -2.08. The minimum absolute atomic E-state index is 0.500. The van der Waals surface area contributed by atoms with Gasteiger partial charge in [-0.15, -0.1) is 5.10 Å². The highest BCUT2D eigenvalue weighted by molar-refractivity contribution is 5.73. The van der Waals surface area contributed by atoms with Crippen molar-refractivity contribution < 1.29 is 0 Å². The maximum Gasteiger partial charge on any atom is 0.113 e. The number of benzene rings is 1. The summed E-state index contributed by atoms with van der Waals surface area (Å²) in [5.41, 5.74) is 4.81. The zero-order valence-corrected chi connectivity index (χ0v) is 12.8. The molecular weight excluding hydrogens is 246 g/mol. The maximum atomic E-state index is 4.28. The molecule has 3 nitrogen and oxygen atoms in total. The normalized spacial score (nSPS) is 13.4. The van der Waals surface area contributed by atoms with Gasteiger partial charge in [0.15, 0.2) is 0 Å². The number of nitrogens with zero attached hydrogens (tertiary/aromatic N) is 3. The summed E-state index contributed by atoms with van der Waals surface area (Å²) < 4.78 is 1.99. The molecule has 0 spiro atoms. The highest BCUT2D eigenvalue weighted by Gasteiger charge is 2.09. The second-order valence-electron chi connectivity index (χ2n) is 5.33. The van der Waals surface area contributed by atoms with Gasteiger partial charge in [0.2, 0.25) is 0 Å². The van der Waals surface area contributed by atoms with E-state index in [-0.39, 0.29) is 0 Å². The van der Waals surface area contributed by atoms with Crippen LogP contribution in [0.4, 0.5) is 0 Å². The first-order valence-electron chi connectivity index (χ1n) is 7.29. The van der Waals surface area contributed by atoms with Crippen molar-refractivity contribution >= 4 is 11.0 Å². The van der Waals surface area contributed by atoms with E-state index in [1.807, 2.05) is 22.9 Å². The third-order valence-electron chi connectivity index (χ3n) is 3.64. The fourth-order valence-electron chi connectivity index (χ4n) is 2.23. The SMILES string of the molecule is C/C=C(\C=C(/Cn1nnc2ccccc21)C(C)C)CC. The molecule has 0 aliphatic rings. The maximum absolute atomic E-state index is 4.28. The van der Waals surface area contributed by atoms with E-state index >= 15 is 0 Å². The van der Waals surface area contributed by atoms with E-state index in [0.717, 1.165) is 24.0 Å². The molecule has 0 atom stereocenters. The van der Waals surface area contributed by atoms with Gasteiger partial charge < -0.3 is 0 Å². The van der Waals surface area contributed by atoms with Crippen LogP contribution in [-0.4, -0.2) is 15.0 Å². The molecule has 20 heavy (non-hydrogen) atoms. The zero-order chi connectivity index (χ0) is 14.5. The quantitative estimate of drug-likeness (QED) is 0.755. The van der Waals surface area contributed by atoms with Crippen molar-refractivity contribution in [3.63, 3.8) is 0 Å². The van der Waals surface area contributed by atoms with Crippen LogP contribution in [0.25, 0.3) is 11.0 Å². The molecule has 0 N–H and O–H groups in total. The molecule has 0 saturated heterocycles. The van der Waals surface area contributed by atoms with Crippen molar-refractivity contribution in [1.29, 1.82) is 0 Å². The smallest absolute Gasteiger partial charge is 0.113 e. The van der Waals surface area contributed by atoms with Crippen molar-refractivity contribution in [2.75, 3.05) is 0 Å². The molecule has 106 valence electrons. The largest absolute Gasteiger partial charge is 0.241 e. The highest BCUT2D eigenvalue weighted by Crippen LogP contribution is 2.19. The Labute approximate surface area is 121 Å². The van der Waals surface area contributed by atoms with Crippen LogP contribution in [0.5, 0.6) is 0 Å². The first kappa shape index (κ1) is 14.5. The van der Waals surface area contributed by atoms with Crippen LogP contribution in [0.3, 0.4) is 0 Å². The van der Waals surface area contributed by atoms with Crippen molar-refractivity contribution in [2.24, 2.45) is 5.92 Å². The standard InChI is InChI=1S/C17H23N3/c1-5-14(6-2)11-15(13(3)4)12-20-17-10-8-7-9-16(17)18-19-20/h5,7-11,13H,6,12H2,1-4H3/b14-5-,15-11+. The molecule has 0 aliphatic carbocycles. The van der Waals surface area contributed by atoms with Crippen LogP contribution in [0.2, 0.25) is 0 Å². The van der Waals surface area contributed by atoms with Crippen LogP contribution in [0.15, 0.2) is 47.6 Å². The lowest BCUT2D eigenvalue weighted by molar-refractivity contribution is 0.602. The number of fused-ring (bicyclic) bond motifs is 1. The van der Waals surface area contributed by atoms with Crippen LogP contribution < -0.4 is 0 Å². The Balaban J connectivity index is 2.33. The van der Waals surface area contributed by atoms with Gasteiger partial charge in [-0.1, -0.05) is 55.8 Å². The van der Waals surface area contributed by atoms with Crippen molar-refractivity contribution in [1.82, 2.24) is 15.0 Å². The number of allylic oxidation sites excluding steroid dienone is 4. The van der Waals surface area contributed by atoms with E-state index in [4.69, 9.17) is 0 Å². The van der Waals surface area contributed by atoms with Gasteiger partial charge in [-0.05, 0) is 37.0 Å². The lowest BCUT2D eigenvalue weighted by atomic mass is 9.99. The molecule has 0 aliphatic heterocycles. The molecule has 1 heterocycles. The third-order valence-corrected chi connectivity index (χ3v) is 3.64. The minimum atomic E-state index is 0.500. The molecule has 1 aromatic heterocycles. The van der Waals surface area contributed by atoms with Crippen LogP contribution in [-0.2, 0) is 6.54 Å². The highest BCUT2D eigenvalue weighted by atomic mass is 15.4. The van der Waals surface area contributed by atoms with Gasteiger partial charge in [-0.3, -0.25) is 0 Å². The predicted octanol–water partition coefficient (Wildman–Crippen LogP) is 4.37. The van der Waals surface area contributed by atoms with E-state index < -0.39 is 0 Å². The van der Waals surface area contributed by atoms with Crippen LogP contribution in [0.1, 0.15) is 34.1 Å². The van der Waals surface area contributed by atoms with Crippen molar-refractivity contribution in [3.8, 4) is 0 Å². The molecule has 0 radical (unpaired) electrons. The second-order valence-corrected chi connectivity index (χ2v) is 5.33. The average molecular weight is 269 g/mol. The molecule has 2 aromatic rings. The monoisotopic (exact) mass is 269 g/mol. The zero-order valence-electron chi connectivity index (χ0n) is 12.8. The summed E-state index contributed by atoms with van der Waals surface area (Å²) in [6, 6.07) is 8.10. The van der Waals surface area contributed by atoms with Gasteiger partial charge in [0.1, 0.15) is 5.52 Å². The molecule has 0 bridgehead atoms. The molecule has 0 unspecified atom stereocenters. The molecule has 3 heteroatoms. The van der Waals surface area contributed by atoms with E-state index in [0.29, 0.717) is 5.92 Å². The molecule has 0 fully saturated rings. The Morgan fingerprint density at radius 2 is 2.05 bits per heavy atom. The summed E-state index contributed by atoms with van der Waals surface area (Å²) in [5.74, 6) is 0.500. The van der Waals surface area contributed by atoms with E-state index in [1.165, 1.54) is 11.1 Å². The predicted molar refractivity (Wildman–Crippen MR) is 84.5 cm³/mol. The fraction of sp³-hybridized carbons (Fsp3) is 0.412. The van der Waals surface area contributed by atoms with Gasteiger partial charge in [0.05, 0.1) is 12.1 Å². The Morgan fingerprint density at radius 1 is 1.30 bits per heavy atom. The molecule has 0 saturated carbocycles. The van der Waals surface area contributed by atoms with Gasteiger partial charge in [-0.2, -0.15) is 0 Å².